The summed E-state index contributed by atoms with van der Waals surface area (Å²) in [6.45, 7) is 12.0. The summed E-state index contributed by atoms with van der Waals surface area (Å²) in [4.78, 5) is 2.58. The van der Waals surface area contributed by atoms with Crippen molar-refractivity contribution in [2.75, 3.05) is 38.6 Å². The molecular formula is C13H26N2OS. The van der Waals surface area contributed by atoms with Crippen LogP contribution in [-0.2, 0) is 4.74 Å². The Labute approximate surface area is 109 Å². The molecule has 0 aliphatic carbocycles. The molecule has 2 atom stereocenters. The monoisotopic (exact) mass is 258 g/mol. The van der Waals surface area contributed by atoms with Gasteiger partial charge >= 0.3 is 0 Å². The van der Waals surface area contributed by atoms with E-state index in [9.17, 15) is 0 Å². The van der Waals surface area contributed by atoms with E-state index in [1.807, 2.05) is 0 Å². The predicted octanol–water partition coefficient (Wildman–Crippen LogP) is 1.57. The maximum Gasteiger partial charge on any atom is 0.0624 e. The molecule has 2 saturated heterocycles. The van der Waals surface area contributed by atoms with E-state index >= 15 is 0 Å². The fourth-order valence-electron chi connectivity index (χ4n) is 2.62. The topological polar surface area (TPSA) is 38.5 Å². The molecule has 0 aromatic rings. The highest BCUT2D eigenvalue weighted by atomic mass is 32.2. The molecule has 2 aliphatic heterocycles. The number of ether oxygens (including phenoxy) is 1. The van der Waals surface area contributed by atoms with Crippen LogP contribution in [0, 0.1) is 5.41 Å². The van der Waals surface area contributed by atoms with Crippen molar-refractivity contribution >= 4 is 11.8 Å². The summed E-state index contributed by atoms with van der Waals surface area (Å²) in [5.74, 6) is 1.24. The predicted molar refractivity (Wildman–Crippen MR) is 74.5 cm³/mol. The van der Waals surface area contributed by atoms with Crippen LogP contribution in [-0.4, -0.2) is 54.3 Å². The minimum atomic E-state index is 0.152. The van der Waals surface area contributed by atoms with Gasteiger partial charge in [-0.25, -0.2) is 0 Å². The van der Waals surface area contributed by atoms with Crippen LogP contribution in [0.4, 0.5) is 0 Å². The van der Waals surface area contributed by atoms with E-state index in [1.54, 1.807) is 0 Å². The van der Waals surface area contributed by atoms with Crippen molar-refractivity contribution in [2.45, 2.75) is 38.0 Å². The van der Waals surface area contributed by atoms with Crippen molar-refractivity contribution in [3.63, 3.8) is 0 Å². The zero-order valence-corrected chi connectivity index (χ0v) is 12.2. The summed E-state index contributed by atoms with van der Waals surface area (Å²) in [5.41, 5.74) is 6.32. The number of rotatable bonds is 2. The lowest BCUT2D eigenvalue weighted by Crippen LogP contribution is -2.47. The van der Waals surface area contributed by atoms with E-state index in [0.717, 1.165) is 19.8 Å². The third-order valence-corrected chi connectivity index (χ3v) is 5.51. The zero-order chi connectivity index (χ0) is 12.5. The van der Waals surface area contributed by atoms with Crippen LogP contribution in [0.25, 0.3) is 0 Å². The van der Waals surface area contributed by atoms with Gasteiger partial charge in [-0.05, 0) is 13.0 Å². The summed E-state index contributed by atoms with van der Waals surface area (Å²) in [5, 5.41) is 0. The van der Waals surface area contributed by atoms with E-state index in [2.05, 4.69) is 37.4 Å². The van der Waals surface area contributed by atoms with E-state index in [0.29, 0.717) is 4.75 Å². The minimum Gasteiger partial charge on any atom is -0.379 e. The Kier molecular flexibility index (Phi) is 4.08. The summed E-state index contributed by atoms with van der Waals surface area (Å²) in [6.07, 6.45) is 1.27. The lowest BCUT2D eigenvalue weighted by Gasteiger charge is -2.33. The number of hydrogen-bond donors (Lipinski definition) is 1. The molecule has 2 unspecified atom stereocenters. The van der Waals surface area contributed by atoms with E-state index in [-0.39, 0.29) is 11.5 Å². The van der Waals surface area contributed by atoms with Crippen molar-refractivity contribution < 1.29 is 4.74 Å². The fourth-order valence-corrected chi connectivity index (χ4v) is 3.76. The Morgan fingerprint density at radius 1 is 1.35 bits per heavy atom. The van der Waals surface area contributed by atoms with Gasteiger partial charge in [0.15, 0.2) is 0 Å². The second-order valence-electron chi connectivity index (χ2n) is 6.41. The van der Waals surface area contributed by atoms with Gasteiger partial charge in [0.05, 0.1) is 13.2 Å². The molecule has 2 heterocycles. The minimum absolute atomic E-state index is 0.152. The molecule has 2 rings (SSSR count). The normalized spacial score (nSPS) is 39.2. The number of thioether (sulfide) groups is 1. The van der Waals surface area contributed by atoms with Crippen molar-refractivity contribution in [3.8, 4) is 0 Å². The summed E-state index contributed by atoms with van der Waals surface area (Å²) in [6, 6.07) is 0.200. The molecular weight excluding hydrogens is 232 g/mol. The molecule has 0 amide bonds. The molecule has 0 bridgehead atoms. The number of hydrogen-bond acceptors (Lipinski definition) is 4. The SMILES string of the molecule is CC1(C)CCN(CC2(C)COCC2N)CCS1. The highest BCUT2D eigenvalue weighted by molar-refractivity contribution is 8.00. The quantitative estimate of drug-likeness (QED) is 0.816. The van der Waals surface area contributed by atoms with Crippen LogP contribution in [0.5, 0.6) is 0 Å². The van der Waals surface area contributed by atoms with Gasteiger partial charge in [-0.3, -0.25) is 0 Å². The van der Waals surface area contributed by atoms with Crippen LogP contribution in [0.1, 0.15) is 27.2 Å². The Hall–Kier alpha value is 0.230. The Bertz CT molecular complexity index is 272. The molecule has 100 valence electrons. The first-order valence-electron chi connectivity index (χ1n) is 6.61. The van der Waals surface area contributed by atoms with Crippen LogP contribution in [0.2, 0.25) is 0 Å². The standard InChI is InChI=1S/C13H26N2OS/c1-12(2)4-5-15(6-7-17-12)9-13(3)10-16-8-11(13)14/h11H,4-10,14H2,1-3H3. The summed E-state index contributed by atoms with van der Waals surface area (Å²) < 4.78 is 5.96. The molecule has 17 heavy (non-hydrogen) atoms. The van der Waals surface area contributed by atoms with Crippen molar-refractivity contribution in [2.24, 2.45) is 11.1 Å². The Morgan fingerprint density at radius 2 is 2.12 bits per heavy atom. The highest BCUT2D eigenvalue weighted by Crippen LogP contribution is 2.33. The summed E-state index contributed by atoms with van der Waals surface area (Å²) >= 11 is 2.10. The highest BCUT2D eigenvalue weighted by Gasteiger charge is 2.39. The zero-order valence-electron chi connectivity index (χ0n) is 11.4. The first-order valence-corrected chi connectivity index (χ1v) is 7.60. The molecule has 0 aromatic carbocycles. The largest absolute Gasteiger partial charge is 0.379 e. The number of nitrogens with zero attached hydrogens (tertiary/aromatic N) is 1. The average Bonchev–Trinajstić information content (AvgIpc) is 2.44. The van der Waals surface area contributed by atoms with Gasteiger partial charge in [-0.1, -0.05) is 20.8 Å². The third kappa shape index (κ3) is 3.37. The molecule has 0 aromatic heterocycles. The second-order valence-corrected chi connectivity index (χ2v) is 8.21. The third-order valence-electron chi connectivity index (χ3n) is 4.14. The van der Waals surface area contributed by atoms with Gasteiger partial charge in [-0.2, -0.15) is 11.8 Å². The van der Waals surface area contributed by atoms with E-state index in [4.69, 9.17) is 10.5 Å². The smallest absolute Gasteiger partial charge is 0.0624 e. The molecule has 2 aliphatic rings. The van der Waals surface area contributed by atoms with Crippen LogP contribution in [0.15, 0.2) is 0 Å². The van der Waals surface area contributed by atoms with Gasteiger partial charge < -0.3 is 15.4 Å². The maximum atomic E-state index is 6.17. The first kappa shape index (κ1) is 13.7. The molecule has 0 radical (unpaired) electrons. The summed E-state index contributed by atoms with van der Waals surface area (Å²) in [7, 11) is 0. The molecule has 3 nitrogen and oxygen atoms in total. The van der Waals surface area contributed by atoms with Gasteiger partial charge in [0.25, 0.3) is 0 Å². The van der Waals surface area contributed by atoms with E-state index in [1.165, 1.54) is 25.3 Å². The molecule has 0 spiro atoms. The van der Waals surface area contributed by atoms with Crippen molar-refractivity contribution in [1.29, 1.82) is 0 Å². The fraction of sp³-hybridized carbons (Fsp3) is 1.00. The number of nitrogens with two attached hydrogens (primary N) is 1. The lowest BCUT2D eigenvalue weighted by atomic mass is 9.85. The van der Waals surface area contributed by atoms with Crippen LogP contribution >= 0.6 is 11.8 Å². The maximum absolute atomic E-state index is 6.17. The lowest BCUT2D eigenvalue weighted by molar-refractivity contribution is 0.121. The van der Waals surface area contributed by atoms with Gasteiger partial charge in [0, 0.05) is 35.0 Å². The molecule has 4 heteroatoms. The Balaban J connectivity index is 1.91. The van der Waals surface area contributed by atoms with Crippen molar-refractivity contribution in [3.05, 3.63) is 0 Å². The first-order chi connectivity index (χ1) is 7.91. The second kappa shape index (κ2) is 5.08. The van der Waals surface area contributed by atoms with E-state index < -0.39 is 0 Å². The van der Waals surface area contributed by atoms with Gasteiger partial charge in [0.1, 0.15) is 0 Å². The van der Waals surface area contributed by atoms with Crippen LogP contribution in [0.3, 0.4) is 0 Å². The van der Waals surface area contributed by atoms with Gasteiger partial charge in [0.2, 0.25) is 0 Å². The molecule has 2 fully saturated rings. The van der Waals surface area contributed by atoms with Crippen molar-refractivity contribution in [1.82, 2.24) is 4.90 Å². The average molecular weight is 258 g/mol. The molecule has 0 saturated carbocycles. The van der Waals surface area contributed by atoms with Gasteiger partial charge in [-0.15, -0.1) is 0 Å². The molecule has 2 N–H and O–H groups in total. The Morgan fingerprint density at radius 3 is 2.76 bits per heavy atom. The van der Waals surface area contributed by atoms with Crippen LogP contribution < -0.4 is 5.73 Å².